The molecule has 0 fully saturated rings. The van der Waals surface area contributed by atoms with Crippen molar-refractivity contribution < 1.29 is 27.8 Å². The fourth-order valence-electron chi connectivity index (χ4n) is 3.09. The minimum absolute atomic E-state index is 0.0658. The highest BCUT2D eigenvalue weighted by atomic mass is 19.1. The molecule has 0 unspecified atom stereocenters. The van der Waals surface area contributed by atoms with Crippen LogP contribution in [0, 0.1) is 11.6 Å². The van der Waals surface area contributed by atoms with E-state index in [1.54, 1.807) is 37.4 Å². The Hall–Kier alpha value is -4.28. The summed E-state index contributed by atoms with van der Waals surface area (Å²) >= 11 is 0. The number of fused-ring (bicyclic) bond motifs is 1. The smallest absolute Gasteiger partial charge is 0.254 e. The molecule has 0 aliphatic rings. The molecular formula is C22H19F2N5O4. The minimum atomic E-state index is -0.936. The van der Waals surface area contributed by atoms with Gasteiger partial charge in [-0.05, 0) is 30.3 Å². The molecule has 4 rings (SSSR count). The topological polar surface area (TPSA) is 99.9 Å². The van der Waals surface area contributed by atoms with Crippen LogP contribution in [0.25, 0.3) is 17.0 Å². The Labute approximate surface area is 186 Å². The van der Waals surface area contributed by atoms with Gasteiger partial charge in [0.15, 0.2) is 11.5 Å². The van der Waals surface area contributed by atoms with Gasteiger partial charge in [0, 0.05) is 18.2 Å². The molecule has 2 aromatic carbocycles. The minimum Gasteiger partial charge on any atom is -0.497 e. The predicted molar refractivity (Wildman–Crippen MR) is 114 cm³/mol. The first-order chi connectivity index (χ1) is 16.0. The number of ether oxygens (including phenoxy) is 3. The van der Waals surface area contributed by atoms with Crippen molar-refractivity contribution in [3.8, 4) is 28.8 Å². The average molecular weight is 455 g/mol. The Bertz CT molecular complexity index is 1310. The third-order valence-corrected chi connectivity index (χ3v) is 4.70. The maximum atomic E-state index is 13.7. The van der Waals surface area contributed by atoms with Crippen molar-refractivity contribution in [1.82, 2.24) is 25.1 Å². The number of nitrogens with zero attached hydrogens (tertiary/aromatic N) is 4. The molecule has 2 heterocycles. The summed E-state index contributed by atoms with van der Waals surface area (Å²) < 4.78 is 44.4. The van der Waals surface area contributed by atoms with E-state index in [0.717, 1.165) is 12.1 Å². The first-order valence-electron chi connectivity index (χ1n) is 9.81. The van der Waals surface area contributed by atoms with E-state index in [1.807, 2.05) is 0 Å². The molecule has 170 valence electrons. The van der Waals surface area contributed by atoms with Gasteiger partial charge < -0.3 is 19.5 Å². The summed E-state index contributed by atoms with van der Waals surface area (Å²) in [5.41, 5.74) is 0.901. The predicted octanol–water partition coefficient (Wildman–Crippen LogP) is 2.90. The molecule has 0 bridgehead atoms. The Morgan fingerprint density at radius 3 is 2.64 bits per heavy atom. The lowest BCUT2D eigenvalue weighted by Gasteiger charge is -2.10. The largest absolute Gasteiger partial charge is 0.497 e. The highest BCUT2D eigenvalue weighted by Gasteiger charge is 2.16. The molecule has 1 N–H and O–H groups in total. The molecular weight excluding hydrogens is 436 g/mol. The van der Waals surface area contributed by atoms with Crippen molar-refractivity contribution in [2.75, 3.05) is 27.4 Å². The van der Waals surface area contributed by atoms with Gasteiger partial charge in [0.25, 0.3) is 5.91 Å². The molecule has 0 saturated carbocycles. The average Bonchev–Trinajstić information content (AvgIpc) is 3.24. The van der Waals surface area contributed by atoms with E-state index < -0.39 is 17.5 Å². The van der Waals surface area contributed by atoms with E-state index >= 15 is 0 Å². The fraction of sp³-hybridized carbons (Fsp3) is 0.182. The van der Waals surface area contributed by atoms with Crippen molar-refractivity contribution in [3.63, 3.8) is 0 Å². The summed E-state index contributed by atoms with van der Waals surface area (Å²) in [6.07, 6.45) is 0. The SMILES string of the molecule is COc1ccc(-c2nnc3ccc(OCCNC(=O)c4ccc(F)cc4F)nn23)c(OC)c1. The number of hydrogen-bond acceptors (Lipinski definition) is 7. The van der Waals surface area contributed by atoms with Gasteiger partial charge in [-0.25, -0.2) is 8.78 Å². The maximum Gasteiger partial charge on any atom is 0.254 e. The number of hydrogen-bond donors (Lipinski definition) is 1. The van der Waals surface area contributed by atoms with Crippen LogP contribution in [0.2, 0.25) is 0 Å². The Balaban J connectivity index is 1.45. The van der Waals surface area contributed by atoms with Crippen LogP contribution in [0.3, 0.4) is 0 Å². The lowest BCUT2D eigenvalue weighted by atomic mass is 10.2. The molecule has 33 heavy (non-hydrogen) atoms. The molecule has 0 atom stereocenters. The van der Waals surface area contributed by atoms with Crippen LogP contribution in [-0.4, -0.2) is 53.1 Å². The highest BCUT2D eigenvalue weighted by Crippen LogP contribution is 2.32. The highest BCUT2D eigenvalue weighted by molar-refractivity contribution is 5.94. The van der Waals surface area contributed by atoms with Crippen molar-refractivity contribution in [3.05, 3.63) is 65.7 Å². The molecule has 0 aliphatic carbocycles. The number of carbonyl (C=O) groups excluding carboxylic acids is 1. The van der Waals surface area contributed by atoms with Gasteiger partial charge in [-0.2, -0.15) is 4.52 Å². The maximum absolute atomic E-state index is 13.7. The molecule has 0 aliphatic heterocycles. The second kappa shape index (κ2) is 9.47. The summed E-state index contributed by atoms with van der Waals surface area (Å²) in [5.74, 6) is -0.499. The number of halogens is 2. The van der Waals surface area contributed by atoms with Crippen LogP contribution >= 0.6 is 0 Å². The van der Waals surface area contributed by atoms with Crippen molar-refractivity contribution in [1.29, 1.82) is 0 Å². The molecule has 11 heteroatoms. The van der Waals surface area contributed by atoms with Crippen LogP contribution in [0.1, 0.15) is 10.4 Å². The number of rotatable bonds is 8. The van der Waals surface area contributed by atoms with Crippen LogP contribution < -0.4 is 19.5 Å². The summed E-state index contributed by atoms with van der Waals surface area (Å²) in [7, 11) is 3.10. The lowest BCUT2D eigenvalue weighted by molar-refractivity contribution is 0.0942. The van der Waals surface area contributed by atoms with Gasteiger partial charge >= 0.3 is 0 Å². The van der Waals surface area contributed by atoms with Gasteiger partial charge in [-0.15, -0.1) is 15.3 Å². The number of carbonyl (C=O) groups is 1. The first-order valence-corrected chi connectivity index (χ1v) is 9.81. The summed E-state index contributed by atoms with van der Waals surface area (Å²) in [4.78, 5) is 12.0. The van der Waals surface area contributed by atoms with E-state index in [-0.39, 0.29) is 24.6 Å². The number of methoxy groups -OCH3 is 2. The number of benzene rings is 2. The monoisotopic (exact) mass is 455 g/mol. The first kappa shape index (κ1) is 21.9. The zero-order chi connectivity index (χ0) is 23.4. The van der Waals surface area contributed by atoms with E-state index in [4.69, 9.17) is 14.2 Å². The molecule has 4 aromatic rings. The second-order valence-corrected chi connectivity index (χ2v) is 6.76. The van der Waals surface area contributed by atoms with Crippen LogP contribution in [0.15, 0.2) is 48.5 Å². The number of aromatic nitrogens is 4. The molecule has 0 saturated heterocycles. The van der Waals surface area contributed by atoms with Crippen LogP contribution in [-0.2, 0) is 0 Å². The third kappa shape index (κ3) is 4.66. The zero-order valence-corrected chi connectivity index (χ0v) is 17.7. The summed E-state index contributed by atoms with van der Waals surface area (Å²) in [6.45, 7) is 0.146. The second-order valence-electron chi connectivity index (χ2n) is 6.76. The Kier molecular flexibility index (Phi) is 6.29. The quantitative estimate of drug-likeness (QED) is 0.408. The normalized spacial score (nSPS) is 10.8. The lowest BCUT2D eigenvalue weighted by Crippen LogP contribution is -2.29. The molecule has 9 nitrogen and oxygen atoms in total. The molecule has 0 spiro atoms. The van der Waals surface area contributed by atoms with Crippen LogP contribution in [0.5, 0.6) is 17.4 Å². The zero-order valence-electron chi connectivity index (χ0n) is 17.7. The van der Waals surface area contributed by atoms with Gasteiger partial charge in [0.2, 0.25) is 5.88 Å². The van der Waals surface area contributed by atoms with Gasteiger partial charge in [0.1, 0.15) is 29.7 Å². The molecule has 0 radical (unpaired) electrons. The Morgan fingerprint density at radius 2 is 1.88 bits per heavy atom. The third-order valence-electron chi connectivity index (χ3n) is 4.70. The van der Waals surface area contributed by atoms with E-state index in [9.17, 15) is 13.6 Å². The van der Waals surface area contributed by atoms with Gasteiger partial charge in [-0.1, -0.05) is 0 Å². The number of nitrogens with one attached hydrogen (secondary N) is 1. The summed E-state index contributed by atoms with van der Waals surface area (Å²) in [5, 5.41) is 15.2. The fourth-order valence-corrected chi connectivity index (χ4v) is 3.09. The molecule has 2 aromatic heterocycles. The number of amides is 1. The van der Waals surface area contributed by atoms with Crippen molar-refractivity contribution >= 4 is 11.6 Å². The van der Waals surface area contributed by atoms with Gasteiger partial charge in [-0.3, -0.25) is 4.79 Å². The van der Waals surface area contributed by atoms with E-state index in [0.29, 0.717) is 34.6 Å². The van der Waals surface area contributed by atoms with Crippen molar-refractivity contribution in [2.45, 2.75) is 0 Å². The van der Waals surface area contributed by atoms with Crippen molar-refractivity contribution in [2.24, 2.45) is 0 Å². The Morgan fingerprint density at radius 1 is 1.03 bits per heavy atom. The summed E-state index contributed by atoms with van der Waals surface area (Å²) in [6, 6.07) is 11.3. The van der Waals surface area contributed by atoms with E-state index in [2.05, 4.69) is 20.6 Å². The van der Waals surface area contributed by atoms with E-state index in [1.165, 1.54) is 11.6 Å². The molecule has 1 amide bonds. The van der Waals surface area contributed by atoms with Gasteiger partial charge in [0.05, 0.1) is 31.9 Å². The van der Waals surface area contributed by atoms with Crippen LogP contribution in [0.4, 0.5) is 8.78 Å². The standard InChI is InChI=1S/C22H19F2N5O4/c1-31-14-4-6-16(18(12-14)32-2)21-27-26-19-7-8-20(28-29(19)21)33-10-9-25-22(30)15-5-3-13(23)11-17(15)24/h3-8,11-12H,9-10H2,1-2H3,(H,25,30).